The van der Waals surface area contributed by atoms with Crippen molar-refractivity contribution < 1.29 is 14.7 Å². The molecule has 6 heterocycles. The minimum absolute atomic E-state index is 0.135. The van der Waals surface area contributed by atoms with Crippen molar-refractivity contribution in [2.24, 2.45) is 25.4 Å². The number of nitrogens with zero attached hydrogens (tertiary/aromatic N) is 14. The number of aliphatic hydroxyl groups excluding tert-OH is 1. The number of halogens is 1. The van der Waals surface area contributed by atoms with E-state index in [9.17, 15) is 14.7 Å². The number of hydrogen-bond donors (Lipinski definition) is 4. The van der Waals surface area contributed by atoms with Gasteiger partial charge in [0.2, 0.25) is 5.82 Å². The third kappa shape index (κ3) is 17.2. The van der Waals surface area contributed by atoms with E-state index in [0.29, 0.717) is 42.9 Å². The summed E-state index contributed by atoms with van der Waals surface area (Å²) in [7, 11) is 0. The number of hydrogen-bond acceptors (Lipinski definition) is 15. The van der Waals surface area contributed by atoms with Crippen molar-refractivity contribution >= 4 is 52.2 Å². The number of para-hydroxylation sites is 1. The Morgan fingerprint density at radius 3 is 1.46 bits per heavy atom. The van der Waals surface area contributed by atoms with E-state index < -0.39 is 11.1 Å². The number of aliphatic imine (C=N–C) groups is 2. The summed E-state index contributed by atoms with van der Waals surface area (Å²) in [6.07, 6.45) is 18.6. The van der Waals surface area contributed by atoms with Crippen LogP contribution in [0.15, 0.2) is 250 Å². The summed E-state index contributed by atoms with van der Waals surface area (Å²) in [5.74, 6) is 3.79. The first-order chi connectivity index (χ1) is 55.5. The summed E-state index contributed by atoms with van der Waals surface area (Å²) in [6.45, 7) is 8.61. The second kappa shape index (κ2) is 35.6. The van der Waals surface area contributed by atoms with Crippen molar-refractivity contribution in [3.63, 3.8) is 0 Å². The molecule has 2 amide bonds. The third-order valence-corrected chi connectivity index (χ3v) is 22.5. The zero-order valence-corrected chi connectivity index (χ0v) is 65.1. The summed E-state index contributed by atoms with van der Waals surface area (Å²) in [5.41, 5.74) is 20.7. The van der Waals surface area contributed by atoms with Crippen LogP contribution in [-0.2, 0) is 42.3 Å². The Morgan fingerprint density at radius 2 is 0.973 bits per heavy atom. The molecule has 3 aliphatic heterocycles. The summed E-state index contributed by atoms with van der Waals surface area (Å²) in [5, 5.41) is 51.8. The molecule has 0 saturated heterocycles. The van der Waals surface area contributed by atoms with Crippen molar-refractivity contribution in [1.82, 2.24) is 55.4 Å². The lowest BCUT2D eigenvalue weighted by Crippen LogP contribution is -2.40. The van der Waals surface area contributed by atoms with E-state index in [4.69, 9.17) is 21.6 Å². The maximum Gasteiger partial charge on any atom is 0.256 e. The molecule has 0 bridgehead atoms. The Hall–Kier alpha value is -12.0. The summed E-state index contributed by atoms with van der Waals surface area (Å²) in [6, 6.07) is 75.4. The van der Waals surface area contributed by atoms with Crippen molar-refractivity contribution in [3.05, 3.63) is 264 Å². The van der Waals surface area contributed by atoms with Crippen LogP contribution in [0.4, 0.5) is 11.4 Å². The molecule has 3 aromatic heterocycles. The van der Waals surface area contributed by atoms with Gasteiger partial charge in [-0.3, -0.25) is 29.4 Å². The van der Waals surface area contributed by atoms with Gasteiger partial charge in [0.1, 0.15) is 40.8 Å². The number of aromatic nitrogens is 9. The molecule has 2 aliphatic carbocycles. The number of aryl methyl sites for hydroxylation is 1. The lowest BCUT2D eigenvalue weighted by atomic mass is 9.92. The number of amides is 2. The zero-order valence-electron chi connectivity index (χ0n) is 64.3. The highest BCUT2D eigenvalue weighted by Crippen LogP contribution is 2.44. The minimum atomic E-state index is -0.505. The normalized spacial score (nSPS) is 15.2. The number of H-pyrrole nitrogens is 2. The summed E-state index contributed by atoms with van der Waals surface area (Å²) >= 11 is 6.33. The number of amidine groups is 2. The molecule has 5 aliphatic rings. The molecule has 0 radical (unpaired) electrons. The Bertz CT molecular complexity index is 5360. The zero-order chi connectivity index (χ0) is 77.5. The lowest BCUT2D eigenvalue weighted by molar-refractivity contribution is -0.132. The second-order valence-electron chi connectivity index (χ2n) is 29.8. The van der Waals surface area contributed by atoms with Crippen LogP contribution in [0.1, 0.15) is 157 Å². The second-order valence-corrected chi connectivity index (χ2v) is 30.1. The molecule has 2 saturated carbocycles. The van der Waals surface area contributed by atoms with Crippen LogP contribution in [-0.4, -0.2) is 107 Å². The van der Waals surface area contributed by atoms with Crippen molar-refractivity contribution in [1.29, 1.82) is 0 Å². The number of nitrogens with one attached hydrogen (secondary N) is 3. The van der Waals surface area contributed by atoms with E-state index >= 15 is 0 Å². The predicted molar refractivity (Wildman–Crippen MR) is 449 cm³/mol. The molecule has 21 heteroatoms. The number of aromatic amines is 2. The number of anilines is 2. The first-order valence-corrected chi connectivity index (χ1v) is 40.2. The van der Waals surface area contributed by atoms with E-state index in [0.717, 1.165) is 233 Å². The number of unbranched alkanes of at least 4 members (excludes halogenated alkanes) is 3. The molecule has 4 N–H and O–H groups in total. The third-order valence-electron chi connectivity index (χ3n) is 22.2. The Kier molecular flexibility index (Phi) is 24.0. The fraction of sp³-hybridized carbons (Fsp3) is 0.293. The summed E-state index contributed by atoms with van der Waals surface area (Å²) in [4.78, 5) is 45.6. The molecule has 2 fully saturated rings. The molecule has 572 valence electrons. The average Bonchev–Trinajstić information content (AvgIpc) is 1.61. The maximum absolute atomic E-state index is 13.5. The van der Waals surface area contributed by atoms with Crippen molar-refractivity contribution in [3.8, 4) is 78.3 Å². The van der Waals surface area contributed by atoms with Crippen LogP contribution in [0, 0.1) is 0 Å². The number of tetrazole rings is 1. The molecular formula is C92H94ClN17O3. The molecule has 9 aromatic carbocycles. The van der Waals surface area contributed by atoms with Gasteiger partial charge in [-0.25, -0.2) is 4.98 Å². The van der Waals surface area contributed by atoms with Gasteiger partial charge in [-0.05, 0) is 170 Å². The maximum atomic E-state index is 13.5. The number of aliphatic hydroxyl groups is 1. The predicted octanol–water partition coefficient (Wildman–Crippen LogP) is 20.5. The number of benzene rings is 9. The fourth-order valence-electron chi connectivity index (χ4n) is 16.0. The van der Waals surface area contributed by atoms with E-state index in [2.05, 4.69) is 234 Å². The van der Waals surface area contributed by atoms with Gasteiger partial charge in [-0.1, -0.05) is 253 Å². The van der Waals surface area contributed by atoms with E-state index in [1.165, 1.54) is 5.56 Å². The Balaban J connectivity index is 0.000000134. The van der Waals surface area contributed by atoms with Crippen molar-refractivity contribution in [2.75, 3.05) is 11.9 Å². The lowest BCUT2D eigenvalue weighted by Gasteiger charge is -2.23. The highest BCUT2D eigenvalue weighted by Gasteiger charge is 2.50. The van der Waals surface area contributed by atoms with Crippen LogP contribution < -0.4 is 5.32 Å². The molecule has 12 aromatic rings. The molecule has 20 nitrogen and oxygen atoms in total. The first kappa shape index (κ1) is 76.4. The molecule has 2 spiro atoms. The van der Waals surface area contributed by atoms with Gasteiger partial charge < -0.3 is 15.0 Å². The van der Waals surface area contributed by atoms with Crippen LogP contribution in [0.25, 0.3) is 78.3 Å². The van der Waals surface area contributed by atoms with E-state index in [1.807, 2.05) is 81.1 Å². The monoisotopic (exact) mass is 1520 g/mol. The topological polar surface area (TPSA) is 249 Å². The first-order valence-electron chi connectivity index (χ1n) is 39.8. The molecule has 0 unspecified atom stereocenters. The number of carbonyl (C=O) groups excluding carboxylic acids is 2. The molecule has 113 heavy (non-hydrogen) atoms. The van der Waals surface area contributed by atoms with Gasteiger partial charge in [0, 0.05) is 53.9 Å². The molecular weight excluding hydrogens is 1430 g/mol. The van der Waals surface area contributed by atoms with Crippen LogP contribution in [0.5, 0.6) is 0 Å². The highest BCUT2D eigenvalue weighted by atomic mass is 35.5. The van der Waals surface area contributed by atoms with Gasteiger partial charge >= 0.3 is 0 Å². The van der Waals surface area contributed by atoms with Gasteiger partial charge in [-0.15, -0.1) is 15.3 Å². The highest BCUT2D eigenvalue weighted by molar-refractivity contribution is 6.30. The molecule has 17 rings (SSSR count). The van der Waals surface area contributed by atoms with Crippen LogP contribution >= 0.6 is 11.6 Å². The standard InChI is InChI=1S/C32H33N5O.C31H33N7O.C29H28ClN5O/c1-2-3-11-30-34-32(18-7-8-19-32)31(38)37(30)22-23-12-14-25(15-13-23)28-20-26(24-9-5-4-6-10-24)16-17-27(28)29-21-33-36-35-29;1-2-3-11-28-33-31(18-7-8-19-31)30(39)38(28)21-22-12-14-23(15-13-22)27-20-25(32-24-9-5-4-6-10-24)16-17-26(27)29-34-36-37-35-29;1-2-3-9-28-32-29(30)27(19-36)35(28)18-20-10-12-22(13-11-20)25-16-23(21-7-5-4-6-8-21)14-15-24(25)26-17-31-34-33-26/h4-6,9-10,12-17,20-21H,2-3,7-8,11,18-19,22H2,1H3,(H,33,35,36);4-6,9-10,12-17,20,32H,2-3,7-8,11,18-19,21H2,1H3,(H,34,35,36,37);4-8,10-16,36H,2-3,9,17-19H2,1H3. The number of rotatable bonds is 26. The number of imidazole rings is 1. The van der Waals surface area contributed by atoms with E-state index in [-0.39, 0.29) is 18.4 Å². The fourth-order valence-corrected chi connectivity index (χ4v) is 16.3. The SMILES string of the molecule is CCCCC1=NC2(CCCC2)C(=O)N1Cc1ccc(-c2cc(-c3ccccc3)ccc2-c2cn[nH]n2)cc1.CCCCC1=NC2(CCCC2)C(=O)N1Cc1ccc(-c2cc(Nc3ccccc3)ccc2-c2nn[nH]n2)cc1.CCCCc1nc(Cl)c(CO)n1Cc1ccc(-c2cc(-c3ccccc3)ccc2C2=NN=NC2)cc1. The smallest absolute Gasteiger partial charge is 0.256 e. The van der Waals surface area contributed by atoms with Crippen LogP contribution in [0.3, 0.4) is 0 Å². The van der Waals surface area contributed by atoms with Gasteiger partial charge in [0.15, 0.2) is 5.15 Å². The van der Waals surface area contributed by atoms with Crippen LogP contribution in [0.2, 0.25) is 5.15 Å². The Labute approximate surface area is 664 Å². The van der Waals surface area contributed by atoms with Crippen molar-refractivity contribution in [2.45, 2.75) is 167 Å². The van der Waals surface area contributed by atoms with E-state index in [1.54, 1.807) is 6.20 Å². The summed E-state index contributed by atoms with van der Waals surface area (Å²) < 4.78 is 2.05. The van der Waals surface area contributed by atoms with Gasteiger partial charge in [0.25, 0.3) is 11.8 Å². The largest absolute Gasteiger partial charge is 0.390 e. The average molecular weight is 1520 g/mol. The number of carbonyl (C=O) groups is 2. The van der Waals surface area contributed by atoms with Gasteiger partial charge in [-0.2, -0.15) is 25.7 Å². The quantitative estimate of drug-likeness (QED) is 0.0399. The Morgan fingerprint density at radius 1 is 0.487 bits per heavy atom. The minimum Gasteiger partial charge on any atom is -0.390 e. The molecule has 0 atom stereocenters. The van der Waals surface area contributed by atoms with Gasteiger partial charge in [0.05, 0.1) is 37.3 Å².